The largest absolute Gasteiger partial charge is 0.486 e. The molecule has 0 saturated carbocycles. The number of hydrogen-bond acceptors (Lipinski definition) is 4. The summed E-state index contributed by atoms with van der Waals surface area (Å²) < 4.78 is 11.9. The minimum atomic E-state index is -0.492. The molecule has 4 rings (SSSR count). The number of nitrogens with zero attached hydrogens (tertiary/aromatic N) is 1. The monoisotopic (exact) mass is 379 g/mol. The zero-order valence-corrected chi connectivity index (χ0v) is 16.4. The number of Topliss-reactive ketones (excluding diaryl/α,β-unsaturated/α-hetero) is 1. The molecule has 5 heteroatoms. The maximum Gasteiger partial charge on any atom is 0.260 e. The van der Waals surface area contributed by atoms with Gasteiger partial charge in [-0.25, -0.2) is 0 Å². The van der Waals surface area contributed by atoms with Gasteiger partial charge in [0.15, 0.2) is 12.4 Å². The van der Waals surface area contributed by atoms with E-state index in [-0.39, 0.29) is 18.3 Å². The van der Waals surface area contributed by atoms with Crippen LogP contribution in [0.25, 0.3) is 0 Å². The Morgan fingerprint density at radius 2 is 1.75 bits per heavy atom. The smallest absolute Gasteiger partial charge is 0.260 e. The van der Waals surface area contributed by atoms with Crippen molar-refractivity contribution < 1.29 is 19.1 Å². The van der Waals surface area contributed by atoms with E-state index in [1.807, 2.05) is 56.3 Å². The number of benzene rings is 2. The number of fused-ring (bicyclic) bond motifs is 1. The number of carbonyl (C=O) groups excluding carboxylic acids is 2. The molecule has 28 heavy (non-hydrogen) atoms. The van der Waals surface area contributed by atoms with Crippen LogP contribution in [-0.4, -0.2) is 41.9 Å². The second-order valence-electron chi connectivity index (χ2n) is 7.87. The summed E-state index contributed by atoms with van der Waals surface area (Å²) in [6, 6.07) is 13.4. The molecule has 2 aliphatic heterocycles. The summed E-state index contributed by atoms with van der Waals surface area (Å²) in [4.78, 5) is 26.9. The molecule has 1 spiro atoms. The number of carbonyl (C=O) groups is 2. The first-order chi connectivity index (χ1) is 13.4. The SMILES string of the molecule is Cc1ccc(OCC(=O)N2CCC3(CC2)CC(=O)c2cc(C)ccc2O3)cc1. The average molecular weight is 379 g/mol. The topological polar surface area (TPSA) is 55.8 Å². The normalized spacial score (nSPS) is 17.8. The van der Waals surface area contributed by atoms with Crippen LogP contribution in [0.15, 0.2) is 42.5 Å². The minimum absolute atomic E-state index is 0.0258. The molecule has 0 atom stereocenters. The molecule has 0 aromatic heterocycles. The molecule has 1 amide bonds. The Balaban J connectivity index is 1.35. The predicted octanol–water partition coefficient (Wildman–Crippen LogP) is 3.71. The third-order valence-corrected chi connectivity index (χ3v) is 5.66. The van der Waals surface area contributed by atoms with Crippen LogP contribution in [-0.2, 0) is 4.79 Å². The van der Waals surface area contributed by atoms with Gasteiger partial charge >= 0.3 is 0 Å². The van der Waals surface area contributed by atoms with Crippen molar-refractivity contribution in [2.75, 3.05) is 19.7 Å². The van der Waals surface area contributed by atoms with Gasteiger partial charge in [0.2, 0.25) is 0 Å². The van der Waals surface area contributed by atoms with Crippen molar-refractivity contribution in [3.8, 4) is 11.5 Å². The maximum absolute atomic E-state index is 12.6. The van der Waals surface area contributed by atoms with Crippen molar-refractivity contribution in [3.63, 3.8) is 0 Å². The Bertz CT molecular complexity index is 895. The van der Waals surface area contributed by atoms with Crippen LogP contribution in [0.4, 0.5) is 0 Å². The third-order valence-electron chi connectivity index (χ3n) is 5.66. The van der Waals surface area contributed by atoms with Crippen LogP contribution < -0.4 is 9.47 Å². The summed E-state index contributed by atoms with van der Waals surface area (Å²) in [6.07, 6.45) is 1.69. The number of ketones is 1. The van der Waals surface area contributed by atoms with Gasteiger partial charge in [0.25, 0.3) is 5.91 Å². The van der Waals surface area contributed by atoms with Crippen LogP contribution in [0.5, 0.6) is 11.5 Å². The van der Waals surface area contributed by atoms with E-state index in [0.717, 1.165) is 11.1 Å². The van der Waals surface area contributed by atoms with Crippen molar-refractivity contribution in [2.24, 2.45) is 0 Å². The van der Waals surface area contributed by atoms with Crippen molar-refractivity contribution in [1.82, 2.24) is 4.90 Å². The number of aryl methyl sites for hydroxylation is 2. The molecule has 0 radical (unpaired) electrons. The van der Waals surface area contributed by atoms with E-state index in [9.17, 15) is 9.59 Å². The molecular weight excluding hydrogens is 354 g/mol. The Hall–Kier alpha value is -2.82. The van der Waals surface area contributed by atoms with E-state index in [4.69, 9.17) is 9.47 Å². The van der Waals surface area contributed by atoms with Crippen molar-refractivity contribution >= 4 is 11.7 Å². The Labute approximate surface area is 165 Å². The lowest BCUT2D eigenvalue weighted by molar-refractivity contribution is -0.136. The third kappa shape index (κ3) is 3.75. The molecule has 2 heterocycles. The zero-order valence-electron chi connectivity index (χ0n) is 16.4. The van der Waals surface area contributed by atoms with Gasteiger partial charge in [-0.2, -0.15) is 0 Å². The summed E-state index contributed by atoms with van der Waals surface area (Å²) in [7, 11) is 0. The predicted molar refractivity (Wildman–Crippen MR) is 106 cm³/mol. The molecule has 2 aromatic carbocycles. The fraction of sp³-hybridized carbons (Fsp3) is 0.391. The fourth-order valence-electron chi connectivity index (χ4n) is 3.92. The number of piperidine rings is 1. The summed E-state index contributed by atoms with van der Waals surface area (Å²) in [6.45, 7) is 5.16. The van der Waals surface area contributed by atoms with Crippen molar-refractivity contribution in [1.29, 1.82) is 0 Å². The first-order valence-electron chi connectivity index (χ1n) is 9.74. The zero-order chi connectivity index (χ0) is 19.7. The highest BCUT2D eigenvalue weighted by atomic mass is 16.5. The minimum Gasteiger partial charge on any atom is -0.486 e. The highest BCUT2D eigenvalue weighted by Gasteiger charge is 2.43. The van der Waals surface area contributed by atoms with Crippen LogP contribution >= 0.6 is 0 Å². The molecule has 0 N–H and O–H groups in total. The first-order valence-corrected chi connectivity index (χ1v) is 9.74. The van der Waals surface area contributed by atoms with Gasteiger partial charge in [-0.15, -0.1) is 0 Å². The molecule has 5 nitrogen and oxygen atoms in total. The standard InChI is InChI=1S/C23H25NO4/c1-16-3-6-18(7-4-16)27-15-22(26)24-11-9-23(10-12-24)14-20(25)19-13-17(2)5-8-21(19)28-23/h3-8,13H,9-12,14-15H2,1-2H3. The van der Waals surface area contributed by atoms with Crippen molar-refractivity contribution in [3.05, 3.63) is 59.2 Å². The highest BCUT2D eigenvalue weighted by Crippen LogP contribution is 2.39. The summed E-state index contributed by atoms with van der Waals surface area (Å²) >= 11 is 0. The Morgan fingerprint density at radius 1 is 1.07 bits per heavy atom. The van der Waals surface area contributed by atoms with Crippen LogP contribution in [0.2, 0.25) is 0 Å². The molecular formula is C23H25NO4. The molecule has 0 bridgehead atoms. The van der Waals surface area contributed by atoms with Crippen LogP contribution in [0.1, 0.15) is 40.7 Å². The van der Waals surface area contributed by atoms with Crippen molar-refractivity contribution in [2.45, 2.75) is 38.7 Å². The maximum atomic E-state index is 12.6. The van der Waals surface area contributed by atoms with Gasteiger partial charge < -0.3 is 14.4 Å². The lowest BCUT2D eigenvalue weighted by Crippen LogP contribution is -2.53. The second kappa shape index (κ2) is 7.30. The summed E-state index contributed by atoms with van der Waals surface area (Å²) in [5, 5.41) is 0. The fourth-order valence-corrected chi connectivity index (χ4v) is 3.92. The lowest BCUT2D eigenvalue weighted by Gasteiger charge is -2.44. The van der Waals surface area contributed by atoms with Gasteiger partial charge in [0.1, 0.15) is 17.1 Å². The number of hydrogen-bond donors (Lipinski definition) is 0. The molecule has 146 valence electrons. The number of amides is 1. The van der Waals surface area contributed by atoms with Crippen LogP contribution in [0, 0.1) is 13.8 Å². The second-order valence-corrected chi connectivity index (χ2v) is 7.87. The molecule has 0 aliphatic carbocycles. The van der Waals surface area contributed by atoms with Gasteiger partial charge in [0, 0.05) is 25.9 Å². The molecule has 0 unspecified atom stereocenters. The van der Waals surface area contributed by atoms with Gasteiger partial charge in [-0.1, -0.05) is 29.3 Å². The molecule has 2 aromatic rings. The molecule has 1 fully saturated rings. The van der Waals surface area contributed by atoms with E-state index >= 15 is 0 Å². The number of ether oxygens (including phenoxy) is 2. The Kier molecular flexibility index (Phi) is 4.84. The summed E-state index contributed by atoms with van der Waals surface area (Å²) in [5.74, 6) is 1.46. The van der Waals surface area contributed by atoms with Crippen LogP contribution in [0.3, 0.4) is 0 Å². The molecule has 2 aliphatic rings. The highest BCUT2D eigenvalue weighted by molar-refractivity contribution is 6.00. The average Bonchev–Trinajstić information content (AvgIpc) is 2.69. The molecule has 1 saturated heterocycles. The van der Waals surface area contributed by atoms with E-state index in [2.05, 4.69) is 0 Å². The van der Waals surface area contributed by atoms with Gasteiger partial charge in [-0.05, 0) is 38.1 Å². The van der Waals surface area contributed by atoms with E-state index in [0.29, 0.717) is 49.4 Å². The van der Waals surface area contributed by atoms with E-state index in [1.54, 1.807) is 4.90 Å². The summed E-state index contributed by atoms with van der Waals surface area (Å²) in [5.41, 5.74) is 2.39. The van der Waals surface area contributed by atoms with E-state index in [1.165, 1.54) is 0 Å². The van der Waals surface area contributed by atoms with Gasteiger partial charge in [0.05, 0.1) is 12.0 Å². The lowest BCUT2D eigenvalue weighted by atomic mass is 9.82. The quantitative estimate of drug-likeness (QED) is 0.816. The first kappa shape index (κ1) is 18.5. The van der Waals surface area contributed by atoms with E-state index < -0.39 is 5.60 Å². The Morgan fingerprint density at radius 3 is 2.46 bits per heavy atom. The number of rotatable bonds is 3. The van der Waals surface area contributed by atoms with Gasteiger partial charge in [-0.3, -0.25) is 9.59 Å². The number of likely N-dealkylation sites (tertiary alicyclic amines) is 1.